The molecule has 3 aliphatic heterocycles. The first-order valence-corrected chi connectivity index (χ1v) is 15.6. The highest BCUT2D eigenvalue weighted by Gasteiger charge is 2.38. The van der Waals surface area contributed by atoms with Crippen molar-refractivity contribution in [2.45, 2.75) is 70.0 Å². The van der Waals surface area contributed by atoms with Crippen molar-refractivity contribution >= 4 is 29.4 Å². The smallest absolute Gasteiger partial charge is 0.317 e. The van der Waals surface area contributed by atoms with E-state index in [0.717, 1.165) is 48.2 Å². The highest BCUT2D eigenvalue weighted by Crippen LogP contribution is 2.44. The van der Waals surface area contributed by atoms with Gasteiger partial charge in [0.05, 0.1) is 18.8 Å². The van der Waals surface area contributed by atoms with Gasteiger partial charge in [-0.05, 0) is 61.8 Å². The zero-order valence-corrected chi connectivity index (χ0v) is 25.4. The number of urea groups is 1. The first-order chi connectivity index (χ1) is 21.7. The first-order valence-electron chi connectivity index (χ1n) is 15.6. The minimum absolute atomic E-state index is 0.0484. The van der Waals surface area contributed by atoms with E-state index < -0.39 is 6.43 Å². The van der Waals surface area contributed by atoms with Crippen molar-refractivity contribution in [2.24, 2.45) is 7.05 Å². The number of alkyl halides is 2. The summed E-state index contributed by atoms with van der Waals surface area (Å²) in [6.07, 6.45) is 8.39. The molecule has 0 bridgehead atoms. The number of aromatic nitrogens is 4. The first kappa shape index (κ1) is 29.2. The van der Waals surface area contributed by atoms with Crippen molar-refractivity contribution in [2.75, 3.05) is 25.0 Å². The Labute approximate surface area is 259 Å². The lowest BCUT2D eigenvalue weighted by atomic mass is 9.89. The average molecular weight is 619 g/mol. The number of aryl methyl sites for hydroxylation is 2. The summed E-state index contributed by atoms with van der Waals surface area (Å²) in [6, 6.07) is 3.23. The predicted molar refractivity (Wildman–Crippen MR) is 162 cm³/mol. The van der Waals surface area contributed by atoms with Gasteiger partial charge >= 0.3 is 6.03 Å². The van der Waals surface area contributed by atoms with Crippen LogP contribution in [0.5, 0.6) is 0 Å². The van der Waals surface area contributed by atoms with Crippen molar-refractivity contribution in [1.82, 2.24) is 34.7 Å². The molecule has 0 radical (unpaired) electrons. The standard InChI is InChI=1S/C32H36F2N8O3/c1-35-32(45)39-13-11-26-25(18-39)31(37-42(26)22-7-5-21(6-8-22)41-28(43)9-10-29(41)44)40-12-3-4-19-14-23(20-16-36-38(2)17-20)24(30(33)34)15-27(19)40/h9-10,14-17,21-22,30H,3-8,11-13,18H2,1-2H3,(H,35,45). The van der Waals surface area contributed by atoms with Crippen LogP contribution in [0.1, 0.15) is 67.0 Å². The fourth-order valence-electron chi connectivity index (χ4n) is 7.47. The van der Waals surface area contributed by atoms with Crippen molar-refractivity contribution in [3.63, 3.8) is 0 Å². The molecule has 45 heavy (non-hydrogen) atoms. The monoisotopic (exact) mass is 618 g/mol. The van der Waals surface area contributed by atoms with Gasteiger partial charge in [0.1, 0.15) is 0 Å². The summed E-state index contributed by atoms with van der Waals surface area (Å²) in [5, 5.41) is 12.1. The second-order valence-corrected chi connectivity index (χ2v) is 12.3. The molecule has 1 aliphatic carbocycles. The molecule has 3 aromatic rings. The SMILES string of the molecule is CNC(=O)N1CCc2c(c(N3CCCc4cc(-c5cnn(C)c5)c(C(F)F)cc43)nn2C2CCC(N3C(=O)C=CC3=O)CC2)C1. The van der Waals surface area contributed by atoms with Crippen molar-refractivity contribution in [3.05, 3.63) is 59.1 Å². The Hall–Kier alpha value is -4.55. The van der Waals surface area contributed by atoms with Crippen LogP contribution < -0.4 is 10.2 Å². The quantitative estimate of drug-likeness (QED) is 0.425. The average Bonchev–Trinajstić information content (AvgIpc) is 3.75. The molecular weight excluding hydrogens is 582 g/mol. The van der Waals surface area contributed by atoms with E-state index in [1.807, 2.05) is 6.07 Å². The molecule has 13 heteroatoms. The molecule has 0 spiro atoms. The number of carbonyl (C=O) groups is 3. The molecule has 4 aliphatic rings. The molecule has 0 unspecified atom stereocenters. The van der Waals surface area contributed by atoms with E-state index in [4.69, 9.17) is 5.10 Å². The summed E-state index contributed by atoms with van der Waals surface area (Å²) in [6.45, 7) is 1.52. The predicted octanol–water partition coefficient (Wildman–Crippen LogP) is 4.41. The molecule has 2 aromatic heterocycles. The van der Waals surface area contributed by atoms with Gasteiger partial charge in [-0.1, -0.05) is 0 Å². The number of fused-ring (bicyclic) bond motifs is 2. The van der Waals surface area contributed by atoms with E-state index in [1.165, 1.54) is 17.1 Å². The topological polar surface area (TPSA) is 109 Å². The van der Waals surface area contributed by atoms with Gasteiger partial charge in [0, 0.05) is 86.1 Å². The van der Waals surface area contributed by atoms with Gasteiger partial charge in [-0.15, -0.1) is 0 Å². The summed E-state index contributed by atoms with van der Waals surface area (Å²) >= 11 is 0. The Bertz CT molecular complexity index is 1690. The lowest BCUT2D eigenvalue weighted by Gasteiger charge is -2.34. The summed E-state index contributed by atoms with van der Waals surface area (Å²) in [7, 11) is 3.38. The van der Waals surface area contributed by atoms with Crippen LogP contribution in [0.15, 0.2) is 36.7 Å². The zero-order chi connectivity index (χ0) is 31.4. The number of carbonyl (C=O) groups excluding carboxylic acids is 3. The maximum Gasteiger partial charge on any atom is 0.317 e. The van der Waals surface area contributed by atoms with Crippen LogP contribution in [0, 0.1) is 0 Å². The Kier molecular flexibility index (Phi) is 7.41. The molecule has 1 saturated carbocycles. The highest BCUT2D eigenvalue weighted by atomic mass is 19.3. The van der Waals surface area contributed by atoms with Crippen molar-refractivity contribution in [3.8, 4) is 11.1 Å². The molecule has 1 aromatic carbocycles. The van der Waals surface area contributed by atoms with E-state index in [-0.39, 0.29) is 35.5 Å². The van der Waals surface area contributed by atoms with E-state index >= 15 is 0 Å². The fourth-order valence-corrected chi connectivity index (χ4v) is 7.47. The lowest BCUT2D eigenvalue weighted by Crippen LogP contribution is -2.43. The second kappa shape index (κ2) is 11.4. The third-order valence-corrected chi connectivity index (χ3v) is 9.66. The van der Waals surface area contributed by atoms with Gasteiger partial charge in [0.2, 0.25) is 0 Å². The summed E-state index contributed by atoms with van der Waals surface area (Å²) < 4.78 is 32.8. The molecular formula is C32H36F2N8O3. The van der Waals surface area contributed by atoms with Crippen LogP contribution >= 0.6 is 0 Å². The van der Waals surface area contributed by atoms with Crippen LogP contribution in [-0.4, -0.2) is 73.4 Å². The van der Waals surface area contributed by atoms with E-state index in [2.05, 4.69) is 20.0 Å². The zero-order valence-electron chi connectivity index (χ0n) is 25.4. The number of anilines is 2. The number of rotatable bonds is 5. The molecule has 7 rings (SSSR count). The Balaban J connectivity index is 1.26. The molecule has 5 heterocycles. The van der Waals surface area contributed by atoms with Gasteiger partial charge in [0.15, 0.2) is 5.82 Å². The molecule has 1 fully saturated rings. The molecule has 4 amide bonds. The number of benzene rings is 1. The maximum atomic E-state index is 14.5. The van der Waals surface area contributed by atoms with E-state index in [9.17, 15) is 23.2 Å². The molecule has 0 saturated heterocycles. The molecule has 0 atom stereocenters. The molecule has 236 valence electrons. The van der Waals surface area contributed by atoms with Crippen LogP contribution in [-0.2, 0) is 36.0 Å². The highest BCUT2D eigenvalue weighted by molar-refractivity contribution is 6.13. The van der Waals surface area contributed by atoms with Crippen LogP contribution in [0.25, 0.3) is 11.1 Å². The Morgan fingerprint density at radius 1 is 1.02 bits per heavy atom. The Morgan fingerprint density at radius 2 is 1.76 bits per heavy atom. The van der Waals surface area contributed by atoms with Gasteiger partial charge in [-0.2, -0.15) is 10.2 Å². The van der Waals surface area contributed by atoms with E-state index in [0.29, 0.717) is 55.8 Å². The third-order valence-electron chi connectivity index (χ3n) is 9.66. The van der Waals surface area contributed by atoms with Gasteiger partial charge in [-0.25, -0.2) is 13.6 Å². The third kappa shape index (κ3) is 5.07. The number of imide groups is 1. The minimum Gasteiger partial charge on any atom is -0.341 e. The molecule has 11 nitrogen and oxygen atoms in total. The number of hydrogen-bond donors (Lipinski definition) is 1. The summed E-state index contributed by atoms with van der Waals surface area (Å²) in [5.41, 5.74) is 4.77. The van der Waals surface area contributed by atoms with Gasteiger partial charge in [0.25, 0.3) is 18.2 Å². The van der Waals surface area contributed by atoms with Gasteiger partial charge in [-0.3, -0.25) is 23.9 Å². The Morgan fingerprint density at radius 3 is 2.42 bits per heavy atom. The number of nitrogens with one attached hydrogen (secondary N) is 1. The number of amides is 4. The van der Waals surface area contributed by atoms with Crippen molar-refractivity contribution in [1.29, 1.82) is 0 Å². The normalized spacial score (nSPS) is 21.5. The minimum atomic E-state index is -2.68. The van der Waals surface area contributed by atoms with Crippen LogP contribution in [0.4, 0.5) is 25.1 Å². The number of hydrogen-bond acceptors (Lipinski definition) is 6. The number of halogens is 2. The number of nitrogens with zero attached hydrogens (tertiary/aromatic N) is 7. The fraction of sp³-hybridized carbons (Fsp3) is 0.469. The van der Waals surface area contributed by atoms with Crippen LogP contribution in [0.3, 0.4) is 0 Å². The van der Waals surface area contributed by atoms with Gasteiger partial charge < -0.3 is 15.1 Å². The summed E-state index contributed by atoms with van der Waals surface area (Å²) in [5.74, 6) is 0.190. The lowest BCUT2D eigenvalue weighted by molar-refractivity contribution is -0.140. The van der Waals surface area contributed by atoms with Crippen LogP contribution in [0.2, 0.25) is 0 Å². The maximum absolute atomic E-state index is 14.5. The molecule has 1 N–H and O–H groups in total. The van der Waals surface area contributed by atoms with Crippen molar-refractivity contribution < 1.29 is 23.2 Å². The summed E-state index contributed by atoms with van der Waals surface area (Å²) in [4.78, 5) is 42.5. The van der Waals surface area contributed by atoms with E-state index in [1.54, 1.807) is 42.1 Å². The largest absolute Gasteiger partial charge is 0.341 e. The second-order valence-electron chi connectivity index (χ2n) is 12.3.